The molecule has 0 spiro atoms. The Morgan fingerprint density at radius 1 is 1.26 bits per heavy atom. The lowest BCUT2D eigenvalue weighted by Crippen LogP contribution is -2.44. The minimum Gasteiger partial charge on any atom is -0.481 e. The zero-order valence-electron chi connectivity index (χ0n) is 13.5. The summed E-state index contributed by atoms with van der Waals surface area (Å²) >= 11 is 0. The highest BCUT2D eigenvalue weighted by Crippen LogP contribution is 2.22. The third-order valence-corrected chi connectivity index (χ3v) is 4.35. The zero-order valence-corrected chi connectivity index (χ0v) is 13.5. The monoisotopic (exact) mass is 315 g/mol. The third kappa shape index (κ3) is 3.55. The first-order valence-electron chi connectivity index (χ1n) is 8.02. The number of hydrogen-bond donors (Lipinski definition) is 0. The summed E-state index contributed by atoms with van der Waals surface area (Å²) in [5, 5.41) is 0.820. The molecular formula is C18H21NO4. The Kier molecular flexibility index (Phi) is 4.37. The average molecular weight is 315 g/mol. The fourth-order valence-electron chi connectivity index (χ4n) is 2.85. The molecule has 1 amide bonds. The first kappa shape index (κ1) is 15.6. The Morgan fingerprint density at radius 2 is 1.96 bits per heavy atom. The molecule has 23 heavy (non-hydrogen) atoms. The normalized spacial score (nSPS) is 17.2. The molecule has 0 aliphatic carbocycles. The molecule has 122 valence electrons. The van der Waals surface area contributed by atoms with Crippen molar-refractivity contribution in [1.82, 2.24) is 4.90 Å². The number of nitrogens with zero attached hydrogens (tertiary/aromatic N) is 1. The van der Waals surface area contributed by atoms with Gasteiger partial charge in [0.1, 0.15) is 11.3 Å². The number of rotatable bonds is 3. The van der Waals surface area contributed by atoms with Crippen LogP contribution in [-0.2, 0) is 4.79 Å². The van der Waals surface area contributed by atoms with E-state index in [0.717, 1.165) is 31.3 Å². The second-order valence-electron chi connectivity index (χ2n) is 6.22. The van der Waals surface area contributed by atoms with Crippen molar-refractivity contribution < 1.29 is 13.9 Å². The van der Waals surface area contributed by atoms with Gasteiger partial charge >= 0.3 is 5.63 Å². The van der Waals surface area contributed by atoms with Crippen LogP contribution in [0.5, 0.6) is 5.75 Å². The van der Waals surface area contributed by atoms with Gasteiger partial charge in [0, 0.05) is 30.6 Å². The standard InChI is InChI=1S/C18H21NO4/c1-12-7-9-19(10-8-12)18(21)13(2)22-15-5-3-14-4-6-17(20)23-16(14)11-15/h3-6,11-13H,7-10H2,1-2H3/t13-/m0/s1. The lowest BCUT2D eigenvalue weighted by molar-refractivity contribution is -0.139. The van der Waals surface area contributed by atoms with Crippen molar-refractivity contribution in [1.29, 1.82) is 0 Å². The molecule has 0 saturated carbocycles. The van der Waals surface area contributed by atoms with Crippen LogP contribution in [0.15, 0.2) is 39.5 Å². The van der Waals surface area contributed by atoms with Crippen molar-refractivity contribution in [3.63, 3.8) is 0 Å². The minimum atomic E-state index is -0.559. The highest BCUT2D eigenvalue weighted by Gasteiger charge is 2.25. The van der Waals surface area contributed by atoms with E-state index in [1.807, 2.05) is 11.0 Å². The Balaban J connectivity index is 1.70. The molecule has 1 aromatic carbocycles. The SMILES string of the molecule is CC1CCN(C(=O)[C@H](C)Oc2ccc3ccc(=O)oc3c2)CC1. The Bertz CT molecular complexity index is 759. The van der Waals surface area contributed by atoms with Crippen molar-refractivity contribution in [2.45, 2.75) is 32.8 Å². The molecule has 0 radical (unpaired) electrons. The van der Waals surface area contributed by atoms with E-state index in [2.05, 4.69) is 6.92 Å². The summed E-state index contributed by atoms with van der Waals surface area (Å²) in [6.07, 6.45) is 1.52. The molecular weight excluding hydrogens is 294 g/mol. The molecule has 1 aliphatic heterocycles. The maximum atomic E-state index is 12.5. The smallest absolute Gasteiger partial charge is 0.336 e. The molecule has 3 rings (SSSR count). The van der Waals surface area contributed by atoms with Crippen LogP contribution in [0.1, 0.15) is 26.7 Å². The van der Waals surface area contributed by atoms with Crippen LogP contribution in [-0.4, -0.2) is 30.0 Å². The van der Waals surface area contributed by atoms with Gasteiger partial charge in [0.15, 0.2) is 6.10 Å². The number of piperidine rings is 1. The lowest BCUT2D eigenvalue weighted by Gasteiger charge is -2.32. The summed E-state index contributed by atoms with van der Waals surface area (Å²) in [6.45, 7) is 5.55. The van der Waals surface area contributed by atoms with Crippen LogP contribution in [0.3, 0.4) is 0 Å². The molecule has 1 fully saturated rings. The van der Waals surface area contributed by atoms with Crippen LogP contribution in [0, 0.1) is 5.92 Å². The molecule has 5 nitrogen and oxygen atoms in total. The number of ether oxygens (including phenoxy) is 1. The van der Waals surface area contributed by atoms with Crippen molar-refractivity contribution in [2.24, 2.45) is 5.92 Å². The Hall–Kier alpha value is -2.30. The van der Waals surface area contributed by atoms with Crippen molar-refractivity contribution >= 4 is 16.9 Å². The van der Waals surface area contributed by atoms with Crippen LogP contribution >= 0.6 is 0 Å². The molecule has 1 atom stereocenters. The molecule has 1 aliphatic rings. The number of carbonyl (C=O) groups is 1. The van der Waals surface area contributed by atoms with Gasteiger partial charge in [-0.25, -0.2) is 4.79 Å². The lowest BCUT2D eigenvalue weighted by atomic mass is 9.99. The summed E-state index contributed by atoms with van der Waals surface area (Å²) in [4.78, 5) is 25.6. The number of fused-ring (bicyclic) bond motifs is 1. The van der Waals surface area contributed by atoms with E-state index >= 15 is 0 Å². The van der Waals surface area contributed by atoms with E-state index in [-0.39, 0.29) is 5.91 Å². The van der Waals surface area contributed by atoms with Gasteiger partial charge in [0.05, 0.1) is 0 Å². The maximum Gasteiger partial charge on any atom is 0.336 e. The number of hydrogen-bond acceptors (Lipinski definition) is 4. The van der Waals surface area contributed by atoms with E-state index in [1.54, 1.807) is 25.1 Å². The second kappa shape index (κ2) is 6.44. The van der Waals surface area contributed by atoms with Gasteiger partial charge in [0.2, 0.25) is 0 Å². The van der Waals surface area contributed by atoms with Gasteiger partial charge in [-0.3, -0.25) is 4.79 Å². The highest BCUT2D eigenvalue weighted by molar-refractivity contribution is 5.81. The predicted octanol–water partition coefficient (Wildman–Crippen LogP) is 2.82. The van der Waals surface area contributed by atoms with Gasteiger partial charge in [-0.2, -0.15) is 0 Å². The minimum absolute atomic E-state index is 0.00603. The number of likely N-dealkylation sites (tertiary alicyclic amines) is 1. The zero-order chi connectivity index (χ0) is 16.4. The Labute approximate surface area is 134 Å². The van der Waals surface area contributed by atoms with E-state index in [1.165, 1.54) is 6.07 Å². The molecule has 2 heterocycles. The summed E-state index contributed by atoms with van der Waals surface area (Å²) in [6, 6.07) is 8.33. The first-order chi connectivity index (χ1) is 11.0. The predicted molar refractivity (Wildman–Crippen MR) is 87.6 cm³/mol. The quantitative estimate of drug-likeness (QED) is 0.817. The molecule has 0 unspecified atom stereocenters. The number of benzene rings is 1. The number of carbonyl (C=O) groups excluding carboxylic acids is 1. The van der Waals surface area contributed by atoms with Crippen LogP contribution in [0.4, 0.5) is 0 Å². The van der Waals surface area contributed by atoms with Gasteiger partial charge < -0.3 is 14.1 Å². The van der Waals surface area contributed by atoms with E-state index in [9.17, 15) is 9.59 Å². The molecule has 2 aromatic rings. The second-order valence-corrected chi connectivity index (χ2v) is 6.22. The fraction of sp³-hybridized carbons (Fsp3) is 0.444. The average Bonchev–Trinajstić information content (AvgIpc) is 2.54. The maximum absolute atomic E-state index is 12.5. The first-order valence-corrected chi connectivity index (χ1v) is 8.02. The Morgan fingerprint density at radius 3 is 2.70 bits per heavy atom. The van der Waals surface area contributed by atoms with E-state index in [0.29, 0.717) is 17.3 Å². The summed E-state index contributed by atoms with van der Waals surface area (Å²) in [7, 11) is 0. The molecule has 1 aromatic heterocycles. The van der Waals surface area contributed by atoms with Crippen LogP contribution in [0.2, 0.25) is 0 Å². The highest BCUT2D eigenvalue weighted by atomic mass is 16.5. The van der Waals surface area contributed by atoms with Gasteiger partial charge in [0.25, 0.3) is 5.91 Å². The molecule has 0 bridgehead atoms. The third-order valence-electron chi connectivity index (χ3n) is 4.35. The molecule has 0 N–H and O–H groups in total. The summed E-state index contributed by atoms with van der Waals surface area (Å²) in [5.41, 5.74) is 0.0580. The van der Waals surface area contributed by atoms with E-state index in [4.69, 9.17) is 9.15 Å². The van der Waals surface area contributed by atoms with Crippen molar-refractivity contribution in [3.05, 3.63) is 40.8 Å². The topological polar surface area (TPSA) is 59.8 Å². The van der Waals surface area contributed by atoms with Crippen LogP contribution in [0.25, 0.3) is 11.0 Å². The number of amides is 1. The van der Waals surface area contributed by atoms with Gasteiger partial charge in [-0.15, -0.1) is 0 Å². The largest absolute Gasteiger partial charge is 0.481 e. The molecule has 5 heteroatoms. The summed E-state index contributed by atoms with van der Waals surface area (Å²) in [5.74, 6) is 1.21. The van der Waals surface area contributed by atoms with Crippen molar-refractivity contribution in [2.75, 3.05) is 13.1 Å². The molecule has 1 saturated heterocycles. The summed E-state index contributed by atoms with van der Waals surface area (Å²) < 4.78 is 10.9. The van der Waals surface area contributed by atoms with Gasteiger partial charge in [-0.05, 0) is 43.9 Å². The van der Waals surface area contributed by atoms with E-state index < -0.39 is 11.7 Å². The van der Waals surface area contributed by atoms with Crippen LogP contribution < -0.4 is 10.4 Å². The van der Waals surface area contributed by atoms with Crippen molar-refractivity contribution in [3.8, 4) is 5.75 Å². The van der Waals surface area contributed by atoms with Gasteiger partial charge in [-0.1, -0.05) is 6.92 Å². The fourth-order valence-corrected chi connectivity index (χ4v) is 2.85.